The van der Waals surface area contributed by atoms with Gasteiger partial charge in [0.1, 0.15) is 6.17 Å². The van der Waals surface area contributed by atoms with Gasteiger partial charge in [0, 0.05) is 39.1 Å². The fraction of sp³-hybridized carbons (Fsp3) is 0.444. The lowest BCUT2D eigenvalue weighted by Crippen LogP contribution is -2.47. The predicted octanol–water partition coefficient (Wildman–Crippen LogP) is 1.71. The first-order valence-corrected chi connectivity index (χ1v) is 8.44. The lowest BCUT2D eigenvalue weighted by atomic mass is 10.2. The Hall–Kier alpha value is -1.86. The van der Waals surface area contributed by atoms with E-state index in [0.717, 1.165) is 44.0 Å². The van der Waals surface area contributed by atoms with Crippen LogP contribution in [-0.4, -0.2) is 48.2 Å². The molecule has 2 atom stereocenters. The van der Waals surface area contributed by atoms with Gasteiger partial charge in [-0.25, -0.2) is 0 Å². The monoisotopic (exact) mass is 327 g/mol. The number of rotatable bonds is 7. The van der Waals surface area contributed by atoms with Crippen molar-refractivity contribution in [2.75, 3.05) is 33.3 Å². The Kier molecular flexibility index (Phi) is 6.26. The van der Waals surface area contributed by atoms with Crippen molar-refractivity contribution in [2.45, 2.75) is 18.8 Å². The van der Waals surface area contributed by atoms with Gasteiger partial charge in [-0.15, -0.1) is 0 Å². The number of pyridine rings is 2. The van der Waals surface area contributed by atoms with Crippen LogP contribution < -0.4 is 10.6 Å². The standard InChI is InChI=1S/C18H25N5O/c1-24-18(16-8-3-5-10-20-16)22-12-14-23-13-6-11-21-17(23)15-7-2-4-9-19-15/h2-5,7-10,17-18,21-22H,6,11-14H2,1H3. The molecule has 2 aromatic rings. The molecule has 0 saturated carbocycles. The van der Waals surface area contributed by atoms with Crippen LogP contribution in [0, 0.1) is 0 Å². The number of nitrogens with one attached hydrogen (secondary N) is 2. The summed E-state index contributed by atoms with van der Waals surface area (Å²) < 4.78 is 5.52. The summed E-state index contributed by atoms with van der Waals surface area (Å²) in [5.41, 5.74) is 1.98. The molecule has 2 N–H and O–H groups in total. The summed E-state index contributed by atoms with van der Waals surface area (Å²) in [5, 5.41) is 6.99. The van der Waals surface area contributed by atoms with Gasteiger partial charge < -0.3 is 4.74 Å². The van der Waals surface area contributed by atoms with Crippen LogP contribution in [0.3, 0.4) is 0 Å². The van der Waals surface area contributed by atoms with Crippen LogP contribution in [0.1, 0.15) is 30.2 Å². The molecule has 0 bridgehead atoms. The lowest BCUT2D eigenvalue weighted by molar-refractivity contribution is 0.0608. The van der Waals surface area contributed by atoms with Crippen LogP contribution in [0.5, 0.6) is 0 Å². The van der Waals surface area contributed by atoms with E-state index < -0.39 is 0 Å². The fourth-order valence-corrected chi connectivity index (χ4v) is 3.03. The van der Waals surface area contributed by atoms with E-state index in [1.165, 1.54) is 0 Å². The SMILES string of the molecule is COC(NCCN1CCCNC1c1ccccn1)c1ccccn1. The Balaban J connectivity index is 1.56. The minimum atomic E-state index is -0.183. The first kappa shape index (κ1) is 17.0. The van der Waals surface area contributed by atoms with Crippen LogP contribution in [0.25, 0.3) is 0 Å². The van der Waals surface area contributed by atoms with Crippen LogP contribution >= 0.6 is 0 Å². The molecule has 0 aromatic carbocycles. The maximum absolute atomic E-state index is 5.52. The molecule has 3 heterocycles. The topological polar surface area (TPSA) is 62.3 Å². The highest BCUT2D eigenvalue weighted by Crippen LogP contribution is 2.19. The molecule has 1 aliphatic heterocycles. The number of nitrogens with zero attached hydrogens (tertiary/aromatic N) is 3. The number of hydrogen-bond donors (Lipinski definition) is 2. The quantitative estimate of drug-likeness (QED) is 0.755. The molecule has 2 aromatic heterocycles. The Morgan fingerprint density at radius 3 is 2.79 bits per heavy atom. The second-order valence-corrected chi connectivity index (χ2v) is 5.83. The molecule has 3 rings (SSSR count). The van der Waals surface area contributed by atoms with Crippen molar-refractivity contribution in [1.82, 2.24) is 25.5 Å². The summed E-state index contributed by atoms with van der Waals surface area (Å²) in [4.78, 5) is 11.3. The number of aromatic nitrogens is 2. The van der Waals surface area contributed by atoms with E-state index in [1.54, 1.807) is 13.3 Å². The van der Waals surface area contributed by atoms with Gasteiger partial charge in [-0.2, -0.15) is 0 Å². The zero-order valence-electron chi connectivity index (χ0n) is 14.1. The molecule has 1 aliphatic rings. The Bertz CT molecular complexity index is 595. The molecule has 1 saturated heterocycles. The second kappa shape index (κ2) is 8.84. The summed E-state index contributed by atoms with van der Waals surface area (Å²) >= 11 is 0. The normalized spacial score (nSPS) is 20.0. The van der Waals surface area contributed by atoms with Crippen molar-refractivity contribution in [3.63, 3.8) is 0 Å². The third-order valence-corrected chi connectivity index (χ3v) is 4.21. The van der Waals surface area contributed by atoms with Crippen LogP contribution in [-0.2, 0) is 4.74 Å². The van der Waals surface area contributed by atoms with Crippen molar-refractivity contribution >= 4 is 0 Å². The third-order valence-electron chi connectivity index (χ3n) is 4.21. The first-order chi connectivity index (χ1) is 11.9. The van der Waals surface area contributed by atoms with Crippen molar-refractivity contribution in [3.05, 3.63) is 60.2 Å². The van der Waals surface area contributed by atoms with E-state index in [2.05, 4.69) is 31.6 Å². The van der Waals surface area contributed by atoms with Crippen molar-refractivity contribution in [2.24, 2.45) is 0 Å². The van der Waals surface area contributed by atoms with Gasteiger partial charge in [0.15, 0.2) is 6.23 Å². The summed E-state index contributed by atoms with van der Waals surface area (Å²) in [5.74, 6) is 0. The highest BCUT2D eigenvalue weighted by molar-refractivity contribution is 5.09. The summed E-state index contributed by atoms with van der Waals surface area (Å²) in [7, 11) is 1.70. The van der Waals surface area contributed by atoms with Gasteiger partial charge >= 0.3 is 0 Å². The molecule has 2 unspecified atom stereocenters. The number of methoxy groups -OCH3 is 1. The van der Waals surface area contributed by atoms with Gasteiger partial charge in [0.2, 0.25) is 0 Å². The Morgan fingerprint density at radius 1 is 1.25 bits per heavy atom. The molecule has 6 nitrogen and oxygen atoms in total. The van der Waals surface area contributed by atoms with E-state index in [1.807, 2.05) is 36.5 Å². The smallest absolute Gasteiger partial charge is 0.150 e. The fourth-order valence-electron chi connectivity index (χ4n) is 3.03. The minimum Gasteiger partial charge on any atom is -0.361 e. The van der Waals surface area contributed by atoms with Gasteiger partial charge in [-0.1, -0.05) is 12.1 Å². The molecule has 1 fully saturated rings. The van der Waals surface area contributed by atoms with Crippen LogP contribution in [0.4, 0.5) is 0 Å². The number of hydrogen-bond acceptors (Lipinski definition) is 6. The zero-order valence-corrected chi connectivity index (χ0v) is 14.1. The highest BCUT2D eigenvalue weighted by atomic mass is 16.5. The van der Waals surface area contributed by atoms with Crippen LogP contribution in [0.15, 0.2) is 48.8 Å². The summed E-state index contributed by atoms with van der Waals surface area (Å²) in [6, 6.07) is 11.9. The maximum Gasteiger partial charge on any atom is 0.150 e. The molecular formula is C18H25N5O. The molecular weight excluding hydrogens is 302 g/mol. The summed E-state index contributed by atoms with van der Waals surface area (Å²) in [6.07, 6.45) is 4.78. The van der Waals surface area contributed by atoms with Gasteiger partial charge in [0.05, 0.1) is 11.4 Å². The second-order valence-electron chi connectivity index (χ2n) is 5.83. The van der Waals surface area contributed by atoms with Gasteiger partial charge in [0.25, 0.3) is 0 Å². The molecule has 0 spiro atoms. The third kappa shape index (κ3) is 4.36. The van der Waals surface area contributed by atoms with E-state index >= 15 is 0 Å². The van der Waals surface area contributed by atoms with E-state index in [9.17, 15) is 0 Å². The molecule has 0 aliphatic carbocycles. The Labute approximate surface area is 143 Å². The largest absolute Gasteiger partial charge is 0.361 e. The average Bonchev–Trinajstić information content (AvgIpc) is 2.67. The predicted molar refractivity (Wildman–Crippen MR) is 93.2 cm³/mol. The zero-order chi connectivity index (χ0) is 16.6. The molecule has 128 valence electrons. The van der Waals surface area contributed by atoms with Crippen molar-refractivity contribution in [3.8, 4) is 0 Å². The highest BCUT2D eigenvalue weighted by Gasteiger charge is 2.24. The van der Waals surface area contributed by atoms with E-state index in [0.29, 0.717) is 0 Å². The number of ether oxygens (including phenoxy) is 1. The average molecular weight is 327 g/mol. The van der Waals surface area contributed by atoms with Crippen LogP contribution in [0.2, 0.25) is 0 Å². The van der Waals surface area contributed by atoms with E-state index in [-0.39, 0.29) is 12.4 Å². The van der Waals surface area contributed by atoms with Crippen molar-refractivity contribution < 1.29 is 4.74 Å². The van der Waals surface area contributed by atoms with Gasteiger partial charge in [-0.3, -0.25) is 25.5 Å². The molecule has 6 heteroatoms. The lowest BCUT2D eigenvalue weighted by Gasteiger charge is -2.36. The first-order valence-electron chi connectivity index (χ1n) is 8.44. The van der Waals surface area contributed by atoms with E-state index in [4.69, 9.17) is 4.74 Å². The molecule has 0 radical (unpaired) electrons. The van der Waals surface area contributed by atoms with Gasteiger partial charge in [-0.05, 0) is 37.2 Å². The summed E-state index contributed by atoms with van der Waals surface area (Å²) in [6.45, 7) is 3.83. The maximum atomic E-state index is 5.52. The molecule has 0 amide bonds. The van der Waals surface area contributed by atoms with Crippen molar-refractivity contribution in [1.29, 1.82) is 0 Å². The molecule has 24 heavy (non-hydrogen) atoms. The minimum absolute atomic E-state index is 0.178. The Morgan fingerprint density at radius 2 is 2.08 bits per heavy atom.